The topological polar surface area (TPSA) is 119 Å². The normalized spacial score (nSPS) is 12.2. The second-order valence-electron chi connectivity index (χ2n) is 6.16. The van der Waals surface area contributed by atoms with Crippen molar-refractivity contribution in [2.75, 3.05) is 4.72 Å². The number of nitrogens with one attached hydrogen (secondary N) is 1. The monoisotopic (exact) mass is 445 g/mol. The second kappa shape index (κ2) is 7.23. The van der Waals surface area contributed by atoms with Crippen molar-refractivity contribution in [3.8, 4) is 10.6 Å². The van der Waals surface area contributed by atoms with E-state index in [0.717, 1.165) is 16.3 Å². The maximum Gasteiger partial charge on any atom is 0.261 e. The van der Waals surface area contributed by atoms with E-state index in [4.69, 9.17) is 5.14 Å². The summed E-state index contributed by atoms with van der Waals surface area (Å²) in [5.41, 5.74) is 1.79. The van der Waals surface area contributed by atoms with Crippen LogP contribution in [0.1, 0.15) is 0 Å². The first kappa shape index (κ1) is 19.5. The highest BCUT2D eigenvalue weighted by atomic mass is 32.2. The summed E-state index contributed by atoms with van der Waals surface area (Å²) in [6.45, 7) is 0. The van der Waals surface area contributed by atoms with Crippen LogP contribution in [0.5, 0.6) is 0 Å². The Morgan fingerprint density at radius 2 is 1.52 bits per heavy atom. The molecule has 0 aliphatic carbocycles. The molecule has 29 heavy (non-hydrogen) atoms. The number of nitrogens with two attached hydrogens (primary N) is 1. The van der Waals surface area contributed by atoms with E-state index >= 15 is 0 Å². The van der Waals surface area contributed by atoms with Gasteiger partial charge in [0.1, 0.15) is 5.01 Å². The minimum Gasteiger partial charge on any atom is -0.279 e. The van der Waals surface area contributed by atoms with Gasteiger partial charge in [-0.15, -0.1) is 11.3 Å². The maximum atomic E-state index is 12.9. The molecule has 0 radical (unpaired) electrons. The Balaban J connectivity index is 1.75. The number of aromatic nitrogens is 1. The third kappa shape index (κ3) is 4.01. The molecule has 0 saturated carbocycles. The highest BCUT2D eigenvalue weighted by molar-refractivity contribution is 7.93. The van der Waals surface area contributed by atoms with E-state index in [1.54, 1.807) is 24.3 Å². The summed E-state index contributed by atoms with van der Waals surface area (Å²) in [6, 6.07) is 19.4. The van der Waals surface area contributed by atoms with Crippen molar-refractivity contribution < 1.29 is 16.8 Å². The first-order valence-electron chi connectivity index (χ1n) is 8.35. The number of primary sulfonamides is 1. The van der Waals surface area contributed by atoms with Crippen LogP contribution in [0.2, 0.25) is 0 Å². The highest BCUT2D eigenvalue weighted by Crippen LogP contribution is 2.35. The molecule has 1 heterocycles. The molecule has 4 aromatic rings. The number of anilines is 1. The Labute approximate surface area is 171 Å². The SMILES string of the molecule is NS(=O)(=O)c1cccc(S(=O)(=O)Nc2ccccc2-c2nc3ccccc3s2)c1. The fourth-order valence-electron chi connectivity index (χ4n) is 2.77. The van der Waals surface area contributed by atoms with Gasteiger partial charge in [-0.3, -0.25) is 4.72 Å². The maximum absolute atomic E-state index is 12.9. The zero-order chi connectivity index (χ0) is 20.6. The van der Waals surface area contributed by atoms with Crippen molar-refractivity contribution in [2.24, 2.45) is 5.14 Å². The lowest BCUT2D eigenvalue weighted by molar-refractivity contribution is 0.597. The highest BCUT2D eigenvalue weighted by Gasteiger charge is 2.20. The number of para-hydroxylation sites is 2. The molecule has 0 spiro atoms. The molecule has 0 aliphatic rings. The smallest absolute Gasteiger partial charge is 0.261 e. The summed E-state index contributed by atoms with van der Waals surface area (Å²) in [6.07, 6.45) is 0. The first-order valence-corrected chi connectivity index (χ1v) is 12.2. The Morgan fingerprint density at radius 1 is 0.828 bits per heavy atom. The van der Waals surface area contributed by atoms with Crippen LogP contribution in [0.25, 0.3) is 20.8 Å². The van der Waals surface area contributed by atoms with Crippen LogP contribution in [0.3, 0.4) is 0 Å². The van der Waals surface area contributed by atoms with Crippen molar-refractivity contribution >= 4 is 47.3 Å². The summed E-state index contributed by atoms with van der Waals surface area (Å²) < 4.78 is 52.4. The van der Waals surface area contributed by atoms with Crippen molar-refractivity contribution in [1.29, 1.82) is 0 Å². The van der Waals surface area contributed by atoms with Crippen LogP contribution < -0.4 is 9.86 Å². The van der Waals surface area contributed by atoms with E-state index < -0.39 is 20.0 Å². The van der Waals surface area contributed by atoms with E-state index in [1.165, 1.54) is 29.5 Å². The van der Waals surface area contributed by atoms with Gasteiger partial charge < -0.3 is 0 Å². The molecule has 10 heteroatoms. The van der Waals surface area contributed by atoms with Crippen molar-refractivity contribution in [3.63, 3.8) is 0 Å². The Morgan fingerprint density at radius 3 is 2.28 bits per heavy atom. The summed E-state index contributed by atoms with van der Waals surface area (Å²) in [5, 5.41) is 5.78. The van der Waals surface area contributed by atoms with E-state index in [-0.39, 0.29) is 9.79 Å². The minimum atomic E-state index is -4.05. The van der Waals surface area contributed by atoms with Gasteiger partial charge in [0.25, 0.3) is 10.0 Å². The number of hydrogen-bond donors (Lipinski definition) is 2. The van der Waals surface area contributed by atoms with Crippen LogP contribution in [-0.2, 0) is 20.0 Å². The molecule has 0 atom stereocenters. The van der Waals surface area contributed by atoms with Gasteiger partial charge in [-0.1, -0.05) is 30.3 Å². The zero-order valence-corrected chi connectivity index (χ0v) is 17.3. The van der Waals surface area contributed by atoms with Gasteiger partial charge in [0.2, 0.25) is 10.0 Å². The fraction of sp³-hybridized carbons (Fsp3) is 0. The molecule has 0 bridgehead atoms. The minimum absolute atomic E-state index is 0.205. The molecule has 4 rings (SSSR count). The van der Waals surface area contributed by atoms with Gasteiger partial charge in [-0.2, -0.15) is 0 Å². The summed E-state index contributed by atoms with van der Waals surface area (Å²) >= 11 is 1.45. The lowest BCUT2D eigenvalue weighted by atomic mass is 10.2. The third-order valence-corrected chi connectivity index (χ3v) is 7.48. The molecule has 0 amide bonds. The molecule has 0 unspecified atom stereocenters. The summed E-state index contributed by atoms with van der Waals surface area (Å²) in [4.78, 5) is 4.10. The molecule has 3 aromatic carbocycles. The molecule has 148 valence electrons. The van der Waals surface area contributed by atoms with Gasteiger partial charge in [-0.25, -0.2) is 27.0 Å². The number of nitrogens with zero attached hydrogens (tertiary/aromatic N) is 1. The largest absolute Gasteiger partial charge is 0.279 e. The third-order valence-electron chi connectivity index (χ3n) is 4.14. The van der Waals surface area contributed by atoms with Gasteiger partial charge in [0.15, 0.2) is 0 Å². The molecular weight excluding hydrogens is 430 g/mol. The number of fused-ring (bicyclic) bond motifs is 1. The molecule has 0 fully saturated rings. The van der Waals surface area contributed by atoms with Gasteiger partial charge in [0, 0.05) is 5.56 Å². The number of thiazole rings is 1. The van der Waals surface area contributed by atoms with Crippen molar-refractivity contribution in [2.45, 2.75) is 9.79 Å². The number of sulfonamides is 2. The Hall–Kier alpha value is -2.79. The average molecular weight is 446 g/mol. The number of rotatable bonds is 5. The van der Waals surface area contributed by atoms with Crippen LogP contribution in [0.15, 0.2) is 82.6 Å². The molecule has 0 saturated heterocycles. The summed E-state index contributed by atoms with van der Waals surface area (Å²) in [5.74, 6) is 0. The summed E-state index contributed by atoms with van der Waals surface area (Å²) in [7, 11) is -8.07. The quantitative estimate of drug-likeness (QED) is 0.488. The average Bonchev–Trinajstić information content (AvgIpc) is 3.11. The van der Waals surface area contributed by atoms with E-state index in [9.17, 15) is 16.8 Å². The molecule has 7 nitrogen and oxygen atoms in total. The second-order valence-corrected chi connectivity index (χ2v) is 10.4. The van der Waals surface area contributed by atoms with Crippen molar-refractivity contribution in [1.82, 2.24) is 4.98 Å². The Kier molecular flexibility index (Phi) is 4.87. The number of hydrogen-bond acceptors (Lipinski definition) is 6. The zero-order valence-electron chi connectivity index (χ0n) is 14.8. The van der Waals surface area contributed by atoms with Gasteiger partial charge >= 0.3 is 0 Å². The molecular formula is C19H15N3O4S3. The van der Waals surface area contributed by atoms with Crippen LogP contribution in [-0.4, -0.2) is 21.8 Å². The first-order chi connectivity index (χ1) is 13.7. The lowest BCUT2D eigenvalue weighted by Gasteiger charge is -2.12. The standard InChI is InChI=1S/C19H15N3O4S3/c20-28(23,24)13-6-5-7-14(12-13)29(25,26)22-16-9-2-1-8-15(16)19-21-17-10-3-4-11-18(17)27-19/h1-12,22H,(H2,20,23,24). The van der Waals surface area contributed by atoms with Crippen LogP contribution in [0, 0.1) is 0 Å². The Bertz CT molecular complexity index is 1390. The van der Waals surface area contributed by atoms with Gasteiger partial charge in [-0.05, 0) is 42.5 Å². The fourth-order valence-corrected chi connectivity index (χ4v) is 5.53. The van der Waals surface area contributed by atoms with Crippen LogP contribution in [0.4, 0.5) is 5.69 Å². The lowest BCUT2D eigenvalue weighted by Crippen LogP contribution is -2.16. The molecule has 0 aliphatic heterocycles. The predicted octanol–water partition coefficient (Wildman–Crippen LogP) is 3.41. The number of benzene rings is 3. The van der Waals surface area contributed by atoms with Gasteiger partial charge in [0.05, 0.1) is 25.7 Å². The van der Waals surface area contributed by atoms with Crippen molar-refractivity contribution in [3.05, 3.63) is 72.8 Å². The molecule has 1 aromatic heterocycles. The van der Waals surface area contributed by atoms with E-state index in [1.807, 2.05) is 24.3 Å². The van der Waals surface area contributed by atoms with Crippen LogP contribution >= 0.6 is 11.3 Å². The molecule has 3 N–H and O–H groups in total. The predicted molar refractivity (Wildman–Crippen MR) is 114 cm³/mol. The van der Waals surface area contributed by atoms with E-state index in [0.29, 0.717) is 16.3 Å². The van der Waals surface area contributed by atoms with E-state index in [2.05, 4.69) is 9.71 Å².